The van der Waals surface area contributed by atoms with Crippen molar-refractivity contribution in [3.05, 3.63) is 17.5 Å². The molecule has 1 aliphatic carbocycles. The molecule has 0 unspecified atom stereocenters. The summed E-state index contributed by atoms with van der Waals surface area (Å²) in [6.07, 6.45) is 6.17. The number of likely N-dealkylation sites (tertiary alicyclic amines) is 1. The van der Waals surface area contributed by atoms with Crippen molar-refractivity contribution in [3.63, 3.8) is 0 Å². The predicted octanol–water partition coefficient (Wildman–Crippen LogP) is 1.29. The molecule has 1 saturated heterocycles. The van der Waals surface area contributed by atoms with Crippen LogP contribution in [0.3, 0.4) is 0 Å². The number of nitrogens with one attached hydrogen (secondary N) is 2. The third-order valence-electron chi connectivity index (χ3n) is 4.06. The van der Waals surface area contributed by atoms with Crippen LogP contribution < -0.4 is 5.32 Å². The number of rotatable bonds is 5. The van der Waals surface area contributed by atoms with Crippen molar-refractivity contribution >= 4 is 0 Å². The molecule has 17 heavy (non-hydrogen) atoms. The van der Waals surface area contributed by atoms with Gasteiger partial charge in [-0.2, -0.15) is 5.10 Å². The van der Waals surface area contributed by atoms with Gasteiger partial charge in [0, 0.05) is 30.4 Å². The highest BCUT2D eigenvalue weighted by atomic mass is 15.2. The van der Waals surface area contributed by atoms with E-state index in [0.717, 1.165) is 25.0 Å². The van der Waals surface area contributed by atoms with Gasteiger partial charge >= 0.3 is 0 Å². The summed E-state index contributed by atoms with van der Waals surface area (Å²) in [6, 6.07) is 0.941. The third kappa shape index (κ3) is 2.69. The first-order chi connectivity index (χ1) is 8.33. The number of nitrogens with zero attached hydrogens (tertiary/aromatic N) is 2. The minimum absolute atomic E-state index is 0.850. The summed E-state index contributed by atoms with van der Waals surface area (Å²) in [4.78, 5) is 2.68. The van der Waals surface area contributed by atoms with Crippen LogP contribution in [0.25, 0.3) is 0 Å². The van der Waals surface area contributed by atoms with E-state index in [1.807, 2.05) is 6.20 Å². The van der Waals surface area contributed by atoms with Crippen molar-refractivity contribution in [1.82, 2.24) is 20.4 Å². The lowest BCUT2D eigenvalue weighted by atomic mass is 10.1. The summed E-state index contributed by atoms with van der Waals surface area (Å²) in [6.45, 7) is 6.80. The Morgan fingerprint density at radius 1 is 1.47 bits per heavy atom. The Balaban J connectivity index is 1.39. The van der Waals surface area contributed by atoms with Crippen LogP contribution in [0.4, 0.5) is 0 Å². The van der Waals surface area contributed by atoms with Gasteiger partial charge in [0.15, 0.2) is 0 Å². The van der Waals surface area contributed by atoms with Crippen LogP contribution in [0.2, 0.25) is 0 Å². The molecule has 1 aromatic rings. The third-order valence-corrected chi connectivity index (χ3v) is 4.06. The largest absolute Gasteiger partial charge is 0.312 e. The molecule has 2 heterocycles. The Kier molecular flexibility index (Phi) is 3.16. The highest BCUT2D eigenvalue weighted by molar-refractivity contribution is 5.13. The Labute approximate surface area is 103 Å². The highest BCUT2D eigenvalue weighted by Crippen LogP contribution is 2.31. The first-order valence-corrected chi connectivity index (χ1v) is 6.76. The van der Waals surface area contributed by atoms with E-state index in [4.69, 9.17) is 0 Å². The molecule has 4 heteroatoms. The Bertz CT molecular complexity index is 369. The van der Waals surface area contributed by atoms with Crippen molar-refractivity contribution in [2.75, 3.05) is 19.6 Å². The van der Waals surface area contributed by atoms with E-state index >= 15 is 0 Å². The first-order valence-electron chi connectivity index (χ1n) is 6.76. The molecule has 1 aromatic heterocycles. The maximum atomic E-state index is 4.04. The number of aromatic amines is 1. The SMILES string of the molecule is Cc1[nH]ncc1CNC[C@@H]1CCN(C2CC2)C1. The van der Waals surface area contributed by atoms with E-state index in [-0.39, 0.29) is 0 Å². The lowest BCUT2D eigenvalue weighted by molar-refractivity contribution is 0.312. The van der Waals surface area contributed by atoms with Crippen molar-refractivity contribution in [3.8, 4) is 0 Å². The monoisotopic (exact) mass is 234 g/mol. The average Bonchev–Trinajstić information content (AvgIpc) is 2.94. The molecule has 94 valence electrons. The van der Waals surface area contributed by atoms with Gasteiger partial charge in [-0.25, -0.2) is 0 Å². The van der Waals surface area contributed by atoms with Crippen LogP contribution in [0.15, 0.2) is 6.20 Å². The minimum atomic E-state index is 0.850. The fourth-order valence-corrected chi connectivity index (χ4v) is 2.77. The second-order valence-corrected chi connectivity index (χ2v) is 5.53. The van der Waals surface area contributed by atoms with Crippen LogP contribution in [-0.2, 0) is 6.54 Å². The molecule has 4 nitrogen and oxygen atoms in total. The molecular formula is C13H22N4. The quantitative estimate of drug-likeness (QED) is 0.807. The topological polar surface area (TPSA) is 44.0 Å². The molecule has 2 N–H and O–H groups in total. The van der Waals surface area contributed by atoms with E-state index in [0.29, 0.717) is 0 Å². The van der Waals surface area contributed by atoms with Gasteiger partial charge in [0.1, 0.15) is 0 Å². The standard InChI is InChI=1S/C13H22N4/c1-10-12(8-15-16-10)7-14-6-11-4-5-17(9-11)13-2-3-13/h8,11,13-14H,2-7,9H2,1H3,(H,15,16)/t11-/m0/s1. The molecule has 1 aliphatic heterocycles. The lowest BCUT2D eigenvalue weighted by Gasteiger charge is -2.15. The maximum Gasteiger partial charge on any atom is 0.0535 e. The molecule has 1 saturated carbocycles. The van der Waals surface area contributed by atoms with Crippen LogP contribution >= 0.6 is 0 Å². The molecule has 2 aliphatic rings. The second kappa shape index (κ2) is 4.78. The van der Waals surface area contributed by atoms with Crippen molar-refractivity contribution < 1.29 is 0 Å². The Morgan fingerprint density at radius 3 is 3.06 bits per heavy atom. The maximum absolute atomic E-state index is 4.04. The van der Waals surface area contributed by atoms with E-state index in [1.54, 1.807) is 0 Å². The number of H-pyrrole nitrogens is 1. The summed E-state index contributed by atoms with van der Waals surface area (Å²) < 4.78 is 0. The first kappa shape index (κ1) is 11.2. The van der Waals surface area contributed by atoms with Crippen molar-refractivity contribution in [1.29, 1.82) is 0 Å². The predicted molar refractivity (Wildman–Crippen MR) is 67.7 cm³/mol. The molecule has 0 spiro atoms. The fraction of sp³-hybridized carbons (Fsp3) is 0.769. The zero-order valence-corrected chi connectivity index (χ0v) is 10.6. The number of hydrogen-bond acceptors (Lipinski definition) is 3. The molecule has 0 bridgehead atoms. The van der Waals surface area contributed by atoms with Crippen molar-refractivity contribution in [2.24, 2.45) is 5.92 Å². The zero-order chi connectivity index (χ0) is 11.7. The average molecular weight is 234 g/mol. The van der Waals surface area contributed by atoms with Gasteiger partial charge in [-0.1, -0.05) is 0 Å². The molecule has 3 rings (SSSR count). The van der Waals surface area contributed by atoms with Gasteiger partial charge in [-0.15, -0.1) is 0 Å². The van der Waals surface area contributed by atoms with Gasteiger partial charge in [0.05, 0.1) is 6.20 Å². The second-order valence-electron chi connectivity index (χ2n) is 5.53. The normalized spacial score (nSPS) is 25.6. The van der Waals surface area contributed by atoms with E-state index in [2.05, 4.69) is 27.3 Å². The fourth-order valence-electron chi connectivity index (χ4n) is 2.77. The molecule has 1 atom stereocenters. The molecule has 0 aromatic carbocycles. The van der Waals surface area contributed by atoms with Crippen LogP contribution in [0.5, 0.6) is 0 Å². The molecule has 0 amide bonds. The number of aryl methyl sites for hydroxylation is 1. The Morgan fingerprint density at radius 2 is 2.35 bits per heavy atom. The smallest absolute Gasteiger partial charge is 0.0535 e. The van der Waals surface area contributed by atoms with Crippen molar-refractivity contribution in [2.45, 2.75) is 38.8 Å². The number of hydrogen-bond donors (Lipinski definition) is 2. The summed E-state index contributed by atoms with van der Waals surface area (Å²) in [5.74, 6) is 0.850. The minimum Gasteiger partial charge on any atom is -0.312 e. The summed E-state index contributed by atoms with van der Waals surface area (Å²) in [5.41, 5.74) is 2.48. The van der Waals surface area contributed by atoms with E-state index in [1.165, 1.54) is 43.6 Å². The van der Waals surface area contributed by atoms with Gasteiger partial charge < -0.3 is 10.2 Å². The van der Waals surface area contributed by atoms with Gasteiger partial charge in [-0.3, -0.25) is 5.10 Å². The van der Waals surface area contributed by atoms with Crippen LogP contribution in [-0.4, -0.2) is 40.8 Å². The van der Waals surface area contributed by atoms with E-state index in [9.17, 15) is 0 Å². The molecular weight excluding hydrogens is 212 g/mol. The summed E-state index contributed by atoms with van der Waals surface area (Å²) >= 11 is 0. The highest BCUT2D eigenvalue weighted by Gasteiger charge is 2.33. The van der Waals surface area contributed by atoms with Crippen LogP contribution in [0, 0.1) is 12.8 Å². The molecule has 0 radical (unpaired) electrons. The van der Waals surface area contributed by atoms with Gasteiger partial charge in [0.25, 0.3) is 0 Å². The zero-order valence-electron chi connectivity index (χ0n) is 10.6. The van der Waals surface area contributed by atoms with Gasteiger partial charge in [-0.05, 0) is 45.2 Å². The molecule has 2 fully saturated rings. The van der Waals surface area contributed by atoms with E-state index < -0.39 is 0 Å². The number of aromatic nitrogens is 2. The summed E-state index contributed by atoms with van der Waals surface area (Å²) in [5, 5.41) is 10.6. The summed E-state index contributed by atoms with van der Waals surface area (Å²) in [7, 11) is 0. The van der Waals surface area contributed by atoms with Gasteiger partial charge in [0.2, 0.25) is 0 Å². The lowest BCUT2D eigenvalue weighted by Crippen LogP contribution is -2.27. The Hall–Kier alpha value is -0.870. The van der Waals surface area contributed by atoms with Crippen LogP contribution in [0.1, 0.15) is 30.5 Å².